The van der Waals surface area contributed by atoms with Gasteiger partial charge in [0.05, 0.1) is 6.61 Å². The number of ether oxygens (including phenoxy) is 1. The maximum Gasteiger partial charge on any atom is 0.316 e. The van der Waals surface area contributed by atoms with Crippen molar-refractivity contribution < 1.29 is 14.3 Å². The molecule has 2 aliphatic carbocycles. The van der Waals surface area contributed by atoms with Crippen molar-refractivity contribution in [2.45, 2.75) is 45.4 Å². The standard InChI is InChI=1S/C13H20O3/c1-2-16-13(15)11-8-4-6-9-5-3-7-10(9)12(11)14/h9-11H,2-8H2,1H3/t9-,10-,11?/m0/s1. The average molecular weight is 224 g/mol. The summed E-state index contributed by atoms with van der Waals surface area (Å²) in [4.78, 5) is 23.9. The van der Waals surface area contributed by atoms with Gasteiger partial charge in [-0.05, 0) is 38.5 Å². The summed E-state index contributed by atoms with van der Waals surface area (Å²) in [6, 6.07) is 0. The zero-order chi connectivity index (χ0) is 11.5. The van der Waals surface area contributed by atoms with Gasteiger partial charge in [-0.3, -0.25) is 9.59 Å². The van der Waals surface area contributed by atoms with Gasteiger partial charge < -0.3 is 4.74 Å². The van der Waals surface area contributed by atoms with Gasteiger partial charge in [-0.1, -0.05) is 12.8 Å². The number of esters is 1. The maximum absolute atomic E-state index is 12.2. The van der Waals surface area contributed by atoms with Crippen LogP contribution in [0.1, 0.15) is 45.4 Å². The number of ketones is 1. The van der Waals surface area contributed by atoms with Crippen LogP contribution in [0.2, 0.25) is 0 Å². The van der Waals surface area contributed by atoms with Crippen LogP contribution in [0.4, 0.5) is 0 Å². The summed E-state index contributed by atoms with van der Waals surface area (Å²) in [5, 5.41) is 0. The number of rotatable bonds is 2. The fourth-order valence-electron chi connectivity index (χ4n) is 3.22. The van der Waals surface area contributed by atoms with Gasteiger partial charge in [0.15, 0.2) is 0 Å². The van der Waals surface area contributed by atoms with Crippen LogP contribution in [0.25, 0.3) is 0 Å². The summed E-state index contributed by atoms with van der Waals surface area (Å²) in [7, 11) is 0. The molecule has 0 aliphatic heterocycles. The molecular weight excluding hydrogens is 204 g/mol. The van der Waals surface area contributed by atoms with Crippen molar-refractivity contribution in [1.29, 1.82) is 0 Å². The van der Waals surface area contributed by atoms with Crippen LogP contribution >= 0.6 is 0 Å². The molecule has 3 heteroatoms. The molecule has 2 aliphatic rings. The van der Waals surface area contributed by atoms with Crippen molar-refractivity contribution in [2.24, 2.45) is 17.8 Å². The molecule has 0 amide bonds. The fourth-order valence-corrected chi connectivity index (χ4v) is 3.22. The van der Waals surface area contributed by atoms with E-state index in [9.17, 15) is 9.59 Å². The van der Waals surface area contributed by atoms with Gasteiger partial charge in [0.1, 0.15) is 11.7 Å². The summed E-state index contributed by atoms with van der Waals surface area (Å²) >= 11 is 0. The van der Waals surface area contributed by atoms with Crippen LogP contribution in [0.3, 0.4) is 0 Å². The Morgan fingerprint density at radius 1 is 1.25 bits per heavy atom. The smallest absolute Gasteiger partial charge is 0.316 e. The van der Waals surface area contributed by atoms with E-state index in [1.54, 1.807) is 6.92 Å². The van der Waals surface area contributed by atoms with E-state index < -0.39 is 5.92 Å². The third-order valence-corrected chi connectivity index (χ3v) is 4.01. The van der Waals surface area contributed by atoms with Crippen molar-refractivity contribution in [2.75, 3.05) is 6.61 Å². The molecule has 0 bridgehead atoms. The van der Waals surface area contributed by atoms with Crippen LogP contribution in [-0.2, 0) is 14.3 Å². The lowest BCUT2D eigenvalue weighted by Gasteiger charge is -2.17. The molecule has 0 heterocycles. The number of hydrogen-bond donors (Lipinski definition) is 0. The van der Waals surface area contributed by atoms with E-state index in [2.05, 4.69) is 0 Å². The van der Waals surface area contributed by atoms with Gasteiger partial charge in [0.2, 0.25) is 0 Å². The Balaban J connectivity index is 2.08. The van der Waals surface area contributed by atoms with E-state index >= 15 is 0 Å². The first-order chi connectivity index (χ1) is 7.74. The quantitative estimate of drug-likeness (QED) is 0.534. The van der Waals surface area contributed by atoms with Crippen LogP contribution in [-0.4, -0.2) is 18.4 Å². The molecule has 2 rings (SSSR count). The van der Waals surface area contributed by atoms with Gasteiger partial charge in [0, 0.05) is 5.92 Å². The SMILES string of the molecule is CCOC(=O)C1CCC[C@@H]2CCC[C@@H]2C1=O. The zero-order valence-electron chi connectivity index (χ0n) is 9.91. The molecule has 0 N–H and O–H groups in total. The number of fused-ring (bicyclic) bond motifs is 1. The second kappa shape index (κ2) is 4.98. The van der Waals surface area contributed by atoms with Gasteiger partial charge in [-0.15, -0.1) is 0 Å². The third-order valence-electron chi connectivity index (χ3n) is 4.01. The lowest BCUT2D eigenvalue weighted by Crippen LogP contribution is -2.30. The molecule has 2 saturated carbocycles. The Morgan fingerprint density at radius 3 is 2.62 bits per heavy atom. The predicted octanol–water partition coefficient (Wildman–Crippen LogP) is 2.33. The van der Waals surface area contributed by atoms with Gasteiger partial charge in [-0.2, -0.15) is 0 Å². The highest BCUT2D eigenvalue weighted by Crippen LogP contribution is 2.40. The Kier molecular flexibility index (Phi) is 3.62. The van der Waals surface area contributed by atoms with Crippen molar-refractivity contribution in [3.8, 4) is 0 Å². The molecule has 0 aromatic rings. The average Bonchev–Trinajstić information content (AvgIpc) is 2.66. The van der Waals surface area contributed by atoms with Gasteiger partial charge >= 0.3 is 5.97 Å². The molecule has 90 valence electrons. The number of carbonyl (C=O) groups excluding carboxylic acids is 2. The van der Waals surface area contributed by atoms with Crippen LogP contribution in [0, 0.1) is 17.8 Å². The van der Waals surface area contributed by atoms with E-state index in [4.69, 9.17) is 4.74 Å². The molecule has 0 saturated heterocycles. The summed E-state index contributed by atoms with van der Waals surface area (Å²) in [5.74, 6) is 0.107. The Bertz CT molecular complexity index is 285. The van der Waals surface area contributed by atoms with Crippen LogP contribution < -0.4 is 0 Å². The normalized spacial score (nSPS) is 34.3. The molecule has 2 fully saturated rings. The number of hydrogen-bond acceptors (Lipinski definition) is 3. The van der Waals surface area contributed by atoms with Crippen molar-refractivity contribution in [3.63, 3.8) is 0 Å². The Labute approximate surface area is 96.5 Å². The predicted molar refractivity (Wildman–Crippen MR) is 59.8 cm³/mol. The highest BCUT2D eigenvalue weighted by atomic mass is 16.5. The van der Waals surface area contributed by atoms with Crippen molar-refractivity contribution >= 4 is 11.8 Å². The molecule has 3 nitrogen and oxygen atoms in total. The highest BCUT2D eigenvalue weighted by molar-refractivity contribution is 6.00. The van der Waals surface area contributed by atoms with Gasteiger partial charge in [-0.25, -0.2) is 0 Å². The van der Waals surface area contributed by atoms with E-state index in [-0.39, 0.29) is 17.7 Å². The Morgan fingerprint density at radius 2 is 1.94 bits per heavy atom. The lowest BCUT2D eigenvalue weighted by molar-refractivity contribution is -0.152. The van der Waals surface area contributed by atoms with E-state index in [1.165, 1.54) is 6.42 Å². The molecule has 0 aromatic heterocycles. The Hall–Kier alpha value is -0.860. The summed E-state index contributed by atoms with van der Waals surface area (Å²) < 4.78 is 5.00. The van der Waals surface area contributed by atoms with Crippen molar-refractivity contribution in [3.05, 3.63) is 0 Å². The summed E-state index contributed by atoms with van der Waals surface area (Å²) in [6.45, 7) is 2.16. The fraction of sp³-hybridized carbons (Fsp3) is 0.846. The lowest BCUT2D eigenvalue weighted by atomic mass is 9.87. The second-order valence-electron chi connectivity index (χ2n) is 4.94. The monoisotopic (exact) mass is 224 g/mol. The van der Waals surface area contributed by atoms with Crippen molar-refractivity contribution in [1.82, 2.24) is 0 Å². The minimum Gasteiger partial charge on any atom is -0.465 e. The largest absolute Gasteiger partial charge is 0.465 e. The molecule has 0 aromatic carbocycles. The first kappa shape index (κ1) is 11.6. The van der Waals surface area contributed by atoms with Crippen LogP contribution in [0.5, 0.6) is 0 Å². The number of Topliss-reactive ketones (excluding diaryl/α,β-unsaturated/α-hetero) is 1. The minimum atomic E-state index is -0.465. The topological polar surface area (TPSA) is 43.4 Å². The molecule has 16 heavy (non-hydrogen) atoms. The van der Waals surface area contributed by atoms with E-state index in [0.717, 1.165) is 25.7 Å². The third kappa shape index (κ3) is 2.13. The van der Waals surface area contributed by atoms with E-state index in [1.807, 2.05) is 0 Å². The summed E-state index contributed by atoms with van der Waals surface area (Å²) in [5.41, 5.74) is 0. The molecule has 1 unspecified atom stereocenters. The zero-order valence-corrected chi connectivity index (χ0v) is 9.91. The molecule has 0 spiro atoms. The first-order valence-electron chi connectivity index (χ1n) is 6.44. The number of carbonyl (C=O) groups is 2. The summed E-state index contributed by atoms with van der Waals surface area (Å²) in [6.07, 6.45) is 6.12. The highest BCUT2D eigenvalue weighted by Gasteiger charge is 2.41. The second-order valence-corrected chi connectivity index (χ2v) is 4.94. The minimum absolute atomic E-state index is 0.150. The van der Waals surface area contributed by atoms with Crippen LogP contribution in [0.15, 0.2) is 0 Å². The van der Waals surface area contributed by atoms with Gasteiger partial charge in [0.25, 0.3) is 0 Å². The first-order valence-corrected chi connectivity index (χ1v) is 6.44. The molecular formula is C13H20O3. The maximum atomic E-state index is 12.2. The molecule has 0 radical (unpaired) electrons. The molecule has 3 atom stereocenters. The van der Waals surface area contributed by atoms with E-state index in [0.29, 0.717) is 18.9 Å².